The van der Waals surface area contributed by atoms with E-state index in [4.69, 9.17) is 0 Å². The molecule has 2 N–H and O–H groups in total. The second kappa shape index (κ2) is 8.00. The van der Waals surface area contributed by atoms with E-state index in [1.54, 1.807) is 12.1 Å². The Kier molecular flexibility index (Phi) is 6.65. The van der Waals surface area contributed by atoms with Crippen LogP contribution in [0.25, 0.3) is 0 Å². The van der Waals surface area contributed by atoms with Crippen LogP contribution in [0.4, 0.5) is 4.39 Å². The Morgan fingerprint density at radius 2 is 1.90 bits per heavy atom. The van der Waals surface area contributed by atoms with Crippen molar-refractivity contribution in [3.8, 4) is 0 Å². The van der Waals surface area contributed by atoms with Gasteiger partial charge in [-0.15, -0.1) is 0 Å². The lowest BCUT2D eigenvalue weighted by molar-refractivity contribution is -0.122. The number of carbonyl (C=O) groups excluding carboxylic acids is 1. The van der Waals surface area contributed by atoms with Gasteiger partial charge in [-0.3, -0.25) is 4.79 Å². The van der Waals surface area contributed by atoms with E-state index in [1.807, 2.05) is 20.8 Å². The summed E-state index contributed by atoms with van der Waals surface area (Å²) < 4.78 is 12.8. The van der Waals surface area contributed by atoms with E-state index in [2.05, 4.69) is 5.32 Å². The first-order chi connectivity index (χ1) is 9.43. The highest BCUT2D eigenvalue weighted by Crippen LogP contribution is 2.19. The monoisotopic (exact) mass is 281 g/mol. The molecule has 0 aliphatic rings. The molecule has 3 nitrogen and oxygen atoms in total. The van der Waals surface area contributed by atoms with E-state index in [-0.39, 0.29) is 30.1 Å². The van der Waals surface area contributed by atoms with Crippen molar-refractivity contribution < 1.29 is 14.3 Å². The molecular weight excluding hydrogens is 257 g/mol. The summed E-state index contributed by atoms with van der Waals surface area (Å²) in [7, 11) is 0. The summed E-state index contributed by atoms with van der Waals surface area (Å²) in [6, 6.07) is 6.19. The molecule has 3 atom stereocenters. The van der Waals surface area contributed by atoms with Crippen LogP contribution in [0.5, 0.6) is 0 Å². The number of carbonyl (C=O) groups is 1. The van der Waals surface area contributed by atoms with E-state index in [0.29, 0.717) is 6.42 Å². The van der Waals surface area contributed by atoms with Gasteiger partial charge in [0.1, 0.15) is 5.82 Å². The van der Waals surface area contributed by atoms with Gasteiger partial charge < -0.3 is 10.4 Å². The number of hydrogen-bond donors (Lipinski definition) is 2. The minimum atomic E-state index is -0.509. The molecule has 20 heavy (non-hydrogen) atoms. The van der Waals surface area contributed by atoms with Crippen LogP contribution in [-0.2, 0) is 4.79 Å². The van der Waals surface area contributed by atoms with E-state index in [0.717, 1.165) is 12.0 Å². The van der Waals surface area contributed by atoms with Crippen molar-refractivity contribution in [3.63, 3.8) is 0 Å². The molecule has 0 aliphatic heterocycles. The van der Waals surface area contributed by atoms with Gasteiger partial charge in [-0.2, -0.15) is 0 Å². The Balaban J connectivity index is 2.40. The molecule has 1 aromatic rings. The summed E-state index contributed by atoms with van der Waals surface area (Å²) in [6.45, 7) is 6.17. The summed E-state index contributed by atoms with van der Waals surface area (Å²) >= 11 is 0. The van der Waals surface area contributed by atoms with Crippen LogP contribution in [0.1, 0.15) is 45.1 Å². The average molecular weight is 281 g/mol. The molecule has 0 radical (unpaired) electrons. The van der Waals surface area contributed by atoms with Crippen LogP contribution in [0.15, 0.2) is 24.3 Å². The van der Waals surface area contributed by atoms with Gasteiger partial charge >= 0.3 is 0 Å². The standard InChI is InChI=1S/C16H24FNO2/c1-4-11(2)15(19)10-18-16(20)9-12(3)13-5-7-14(17)8-6-13/h5-8,11-12,15,19H,4,9-10H2,1-3H3,(H,18,20). The van der Waals surface area contributed by atoms with E-state index in [1.165, 1.54) is 12.1 Å². The molecule has 112 valence electrons. The van der Waals surface area contributed by atoms with E-state index >= 15 is 0 Å². The van der Waals surface area contributed by atoms with Crippen LogP contribution in [-0.4, -0.2) is 23.7 Å². The van der Waals surface area contributed by atoms with Gasteiger partial charge in [0, 0.05) is 13.0 Å². The third-order valence-corrected chi connectivity index (χ3v) is 3.74. The average Bonchev–Trinajstić information content (AvgIpc) is 2.44. The minimum absolute atomic E-state index is 0.0244. The molecule has 1 amide bonds. The van der Waals surface area contributed by atoms with Crippen molar-refractivity contribution in [2.45, 2.75) is 45.6 Å². The summed E-state index contributed by atoms with van der Waals surface area (Å²) in [6.07, 6.45) is 0.701. The smallest absolute Gasteiger partial charge is 0.220 e. The normalized spacial score (nSPS) is 15.4. The highest BCUT2D eigenvalue weighted by molar-refractivity contribution is 5.76. The summed E-state index contributed by atoms with van der Waals surface area (Å²) in [5, 5.41) is 12.5. The Hall–Kier alpha value is -1.42. The number of nitrogens with one attached hydrogen (secondary N) is 1. The molecule has 0 aromatic heterocycles. The van der Waals surface area contributed by atoms with Gasteiger partial charge in [0.05, 0.1) is 6.10 Å². The Morgan fingerprint density at radius 1 is 1.30 bits per heavy atom. The SMILES string of the molecule is CCC(C)C(O)CNC(=O)CC(C)c1ccc(F)cc1. The second-order valence-electron chi connectivity index (χ2n) is 5.41. The molecule has 0 spiro atoms. The van der Waals surface area contributed by atoms with Gasteiger partial charge in [0.2, 0.25) is 5.91 Å². The second-order valence-corrected chi connectivity index (χ2v) is 5.41. The lowest BCUT2D eigenvalue weighted by atomic mass is 9.97. The predicted octanol–water partition coefficient (Wildman–Crippen LogP) is 2.84. The quantitative estimate of drug-likeness (QED) is 0.807. The van der Waals surface area contributed by atoms with Gasteiger partial charge in [-0.1, -0.05) is 39.3 Å². The third-order valence-electron chi connectivity index (χ3n) is 3.74. The van der Waals surface area contributed by atoms with Crippen LogP contribution in [0.2, 0.25) is 0 Å². The number of rotatable bonds is 7. The molecule has 0 bridgehead atoms. The summed E-state index contributed by atoms with van der Waals surface area (Å²) in [5.41, 5.74) is 0.934. The molecule has 1 rings (SSSR count). The fourth-order valence-corrected chi connectivity index (χ4v) is 1.95. The Labute approximate surface area is 120 Å². The van der Waals surface area contributed by atoms with Crippen molar-refractivity contribution >= 4 is 5.91 Å². The van der Waals surface area contributed by atoms with Crippen molar-refractivity contribution in [2.24, 2.45) is 5.92 Å². The molecule has 0 aliphatic carbocycles. The maximum atomic E-state index is 12.8. The molecule has 0 fully saturated rings. The molecule has 0 saturated carbocycles. The maximum absolute atomic E-state index is 12.8. The van der Waals surface area contributed by atoms with Gasteiger partial charge in [0.25, 0.3) is 0 Å². The minimum Gasteiger partial charge on any atom is -0.391 e. The first kappa shape index (κ1) is 16.6. The molecule has 0 saturated heterocycles. The number of halogens is 1. The Bertz CT molecular complexity index is 419. The lowest BCUT2D eigenvalue weighted by Gasteiger charge is -2.18. The fraction of sp³-hybridized carbons (Fsp3) is 0.562. The van der Waals surface area contributed by atoms with E-state index < -0.39 is 6.10 Å². The van der Waals surface area contributed by atoms with Gasteiger partial charge in [-0.05, 0) is 29.5 Å². The maximum Gasteiger partial charge on any atom is 0.220 e. The first-order valence-electron chi connectivity index (χ1n) is 7.14. The summed E-state index contributed by atoms with van der Waals surface area (Å²) in [4.78, 5) is 11.8. The zero-order valence-electron chi connectivity index (χ0n) is 12.4. The van der Waals surface area contributed by atoms with Crippen LogP contribution < -0.4 is 5.32 Å². The largest absolute Gasteiger partial charge is 0.391 e. The molecular formula is C16H24FNO2. The molecule has 0 heterocycles. The molecule has 1 aromatic carbocycles. The van der Waals surface area contributed by atoms with Gasteiger partial charge in [-0.25, -0.2) is 4.39 Å². The third kappa shape index (κ3) is 5.29. The summed E-state index contributed by atoms with van der Waals surface area (Å²) in [5.74, 6) is -0.174. The molecule has 3 unspecified atom stereocenters. The number of aliphatic hydroxyl groups excluding tert-OH is 1. The zero-order chi connectivity index (χ0) is 15.1. The highest BCUT2D eigenvalue weighted by Gasteiger charge is 2.15. The van der Waals surface area contributed by atoms with Crippen LogP contribution >= 0.6 is 0 Å². The Morgan fingerprint density at radius 3 is 2.45 bits per heavy atom. The zero-order valence-corrected chi connectivity index (χ0v) is 12.4. The number of aliphatic hydroxyl groups is 1. The molecule has 4 heteroatoms. The lowest BCUT2D eigenvalue weighted by Crippen LogP contribution is -2.35. The van der Waals surface area contributed by atoms with Crippen molar-refractivity contribution in [2.75, 3.05) is 6.54 Å². The van der Waals surface area contributed by atoms with Crippen molar-refractivity contribution in [1.29, 1.82) is 0 Å². The highest BCUT2D eigenvalue weighted by atomic mass is 19.1. The number of amides is 1. The number of benzene rings is 1. The number of hydrogen-bond acceptors (Lipinski definition) is 2. The van der Waals surface area contributed by atoms with Crippen molar-refractivity contribution in [3.05, 3.63) is 35.6 Å². The topological polar surface area (TPSA) is 49.3 Å². The van der Waals surface area contributed by atoms with E-state index in [9.17, 15) is 14.3 Å². The first-order valence-corrected chi connectivity index (χ1v) is 7.14. The van der Waals surface area contributed by atoms with Crippen LogP contribution in [0, 0.1) is 11.7 Å². The predicted molar refractivity (Wildman–Crippen MR) is 77.9 cm³/mol. The van der Waals surface area contributed by atoms with Gasteiger partial charge in [0.15, 0.2) is 0 Å². The van der Waals surface area contributed by atoms with Crippen LogP contribution in [0.3, 0.4) is 0 Å². The van der Waals surface area contributed by atoms with Crippen molar-refractivity contribution in [1.82, 2.24) is 5.32 Å². The fourth-order valence-electron chi connectivity index (χ4n) is 1.95.